The molecule has 1 fully saturated rings. The van der Waals surface area contributed by atoms with Gasteiger partial charge in [0.05, 0.1) is 21.4 Å². The summed E-state index contributed by atoms with van der Waals surface area (Å²) in [7, 11) is -3.61. The summed E-state index contributed by atoms with van der Waals surface area (Å²) in [6.07, 6.45) is 0.761. The van der Waals surface area contributed by atoms with Crippen molar-refractivity contribution < 1.29 is 22.5 Å². The fourth-order valence-corrected chi connectivity index (χ4v) is 4.63. The average Bonchev–Trinajstić information content (AvgIpc) is 2.68. The maximum absolute atomic E-state index is 14.0. The third-order valence-corrected chi connectivity index (χ3v) is 6.77. The maximum atomic E-state index is 14.0. The Balaban J connectivity index is 1.62. The monoisotopic (exact) mass is 421 g/mol. The number of rotatable bonds is 5. The van der Waals surface area contributed by atoms with Crippen molar-refractivity contribution in [3.05, 3.63) is 69.5 Å². The predicted molar refractivity (Wildman–Crippen MR) is 103 cm³/mol. The lowest BCUT2D eigenvalue weighted by molar-refractivity contribution is -0.385. The normalized spacial score (nSPS) is 15.8. The summed E-state index contributed by atoms with van der Waals surface area (Å²) in [6, 6.07) is 9.12. The molecule has 8 nitrogen and oxygen atoms in total. The van der Waals surface area contributed by atoms with E-state index in [1.807, 2.05) is 6.92 Å². The smallest absolute Gasteiger partial charge is 0.272 e. The first kappa shape index (κ1) is 20.9. The molecule has 0 aromatic heterocycles. The van der Waals surface area contributed by atoms with Crippen LogP contribution in [-0.4, -0.2) is 42.7 Å². The van der Waals surface area contributed by atoms with Crippen molar-refractivity contribution in [3.8, 4) is 0 Å². The highest BCUT2D eigenvalue weighted by atomic mass is 32.2. The van der Waals surface area contributed by atoms with Gasteiger partial charge in [0.15, 0.2) is 0 Å². The molecule has 0 bridgehead atoms. The van der Waals surface area contributed by atoms with Crippen LogP contribution >= 0.6 is 0 Å². The molecule has 0 atom stereocenters. The zero-order valence-electron chi connectivity index (χ0n) is 15.7. The molecule has 10 heteroatoms. The fourth-order valence-electron chi connectivity index (χ4n) is 3.16. The van der Waals surface area contributed by atoms with Crippen LogP contribution in [0.25, 0.3) is 0 Å². The highest BCUT2D eigenvalue weighted by Crippen LogP contribution is 2.22. The molecule has 0 spiro atoms. The van der Waals surface area contributed by atoms with Gasteiger partial charge in [0, 0.05) is 25.2 Å². The summed E-state index contributed by atoms with van der Waals surface area (Å²) < 4.78 is 40.8. The van der Waals surface area contributed by atoms with E-state index in [0.29, 0.717) is 18.9 Å². The first-order valence-corrected chi connectivity index (χ1v) is 10.4. The van der Waals surface area contributed by atoms with E-state index in [4.69, 9.17) is 0 Å². The van der Waals surface area contributed by atoms with Crippen LogP contribution in [0.15, 0.2) is 47.4 Å². The molecule has 0 radical (unpaired) electrons. The number of sulfonamides is 1. The second kappa shape index (κ2) is 8.26. The number of non-ortho nitro benzene ring substituents is 1. The number of piperidine rings is 1. The number of nitrogens with zero attached hydrogens (tertiary/aromatic N) is 2. The summed E-state index contributed by atoms with van der Waals surface area (Å²) in [5, 5.41) is 13.3. The Morgan fingerprint density at radius 1 is 1.17 bits per heavy atom. The zero-order chi connectivity index (χ0) is 21.2. The van der Waals surface area contributed by atoms with Gasteiger partial charge in [0.25, 0.3) is 11.6 Å². The molecule has 154 valence electrons. The highest BCUT2D eigenvalue weighted by Gasteiger charge is 2.30. The number of hydrogen-bond donors (Lipinski definition) is 1. The van der Waals surface area contributed by atoms with E-state index < -0.39 is 32.4 Å². The van der Waals surface area contributed by atoms with E-state index in [0.717, 1.165) is 17.7 Å². The topological polar surface area (TPSA) is 110 Å². The molecule has 1 aliphatic rings. The summed E-state index contributed by atoms with van der Waals surface area (Å²) in [4.78, 5) is 22.4. The minimum atomic E-state index is -3.61. The van der Waals surface area contributed by atoms with Crippen molar-refractivity contribution in [3.63, 3.8) is 0 Å². The first-order valence-electron chi connectivity index (χ1n) is 9.00. The Hall–Kier alpha value is -2.85. The van der Waals surface area contributed by atoms with E-state index in [9.17, 15) is 27.7 Å². The number of carbonyl (C=O) groups excluding carboxylic acids is 1. The van der Waals surface area contributed by atoms with Gasteiger partial charge in [-0.3, -0.25) is 14.9 Å². The standard InChI is InChI=1S/C19H20FN3O5S/c1-13-2-5-16(6-3-13)29(27,28)22-10-8-14(9-11-22)21-19(24)17-7-4-15(23(25)26)12-18(17)20/h2-7,12,14H,8-11H2,1H3,(H,21,24). The molecular weight excluding hydrogens is 401 g/mol. The van der Waals surface area contributed by atoms with Gasteiger partial charge in [0.2, 0.25) is 10.0 Å². The van der Waals surface area contributed by atoms with E-state index in [-0.39, 0.29) is 29.6 Å². The lowest BCUT2D eigenvalue weighted by Gasteiger charge is -2.31. The lowest BCUT2D eigenvalue weighted by Crippen LogP contribution is -2.46. The summed E-state index contributed by atoms with van der Waals surface area (Å²) in [5.41, 5.74) is 0.239. The molecule has 1 saturated heterocycles. The van der Waals surface area contributed by atoms with Crippen LogP contribution in [0, 0.1) is 22.9 Å². The van der Waals surface area contributed by atoms with Crippen LogP contribution in [0.3, 0.4) is 0 Å². The minimum absolute atomic E-state index is 0.221. The molecule has 0 aliphatic carbocycles. The molecule has 0 saturated carbocycles. The number of benzene rings is 2. The van der Waals surface area contributed by atoms with Crippen molar-refractivity contribution in [1.29, 1.82) is 0 Å². The van der Waals surface area contributed by atoms with Gasteiger partial charge in [-0.05, 0) is 38.0 Å². The number of nitrogens with one attached hydrogen (secondary N) is 1. The van der Waals surface area contributed by atoms with Crippen molar-refractivity contribution >= 4 is 21.6 Å². The SMILES string of the molecule is Cc1ccc(S(=O)(=O)N2CCC(NC(=O)c3ccc([N+](=O)[O-])cc3F)CC2)cc1. The van der Waals surface area contributed by atoms with Crippen molar-refractivity contribution in [1.82, 2.24) is 9.62 Å². The maximum Gasteiger partial charge on any atom is 0.272 e. The van der Waals surface area contributed by atoms with Gasteiger partial charge in [-0.25, -0.2) is 12.8 Å². The van der Waals surface area contributed by atoms with E-state index >= 15 is 0 Å². The number of carbonyl (C=O) groups is 1. The lowest BCUT2D eigenvalue weighted by atomic mass is 10.1. The Morgan fingerprint density at radius 2 is 1.79 bits per heavy atom. The van der Waals surface area contributed by atoms with Gasteiger partial charge in [-0.2, -0.15) is 4.31 Å². The van der Waals surface area contributed by atoms with Crippen molar-refractivity contribution in [2.45, 2.75) is 30.7 Å². The first-order chi connectivity index (χ1) is 13.7. The van der Waals surface area contributed by atoms with Gasteiger partial charge in [-0.15, -0.1) is 0 Å². The van der Waals surface area contributed by atoms with Crippen LogP contribution < -0.4 is 5.32 Å². The molecule has 0 unspecified atom stereocenters. The molecule has 2 aromatic rings. The molecule has 1 heterocycles. The van der Waals surface area contributed by atoms with Crippen LogP contribution in [0.4, 0.5) is 10.1 Å². The second-order valence-electron chi connectivity index (χ2n) is 6.89. The fraction of sp³-hybridized carbons (Fsp3) is 0.316. The van der Waals surface area contributed by atoms with Crippen LogP contribution in [0.1, 0.15) is 28.8 Å². The third-order valence-electron chi connectivity index (χ3n) is 4.86. The molecule has 2 aromatic carbocycles. The van der Waals surface area contributed by atoms with Crippen LogP contribution in [0.5, 0.6) is 0 Å². The van der Waals surface area contributed by atoms with Gasteiger partial charge in [0.1, 0.15) is 5.82 Å². The van der Waals surface area contributed by atoms with Gasteiger partial charge >= 0.3 is 0 Å². The van der Waals surface area contributed by atoms with E-state index in [2.05, 4.69) is 5.32 Å². The van der Waals surface area contributed by atoms with Crippen LogP contribution in [0.2, 0.25) is 0 Å². The van der Waals surface area contributed by atoms with Crippen molar-refractivity contribution in [2.24, 2.45) is 0 Å². The number of aryl methyl sites for hydroxylation is 1. The highest BCUT2D eigenvalue weighted by molar-refractivity contribution is 7.89. The quantitative estimate of drug-likeness (QED) is 0.590. The van der Waals surface area contributed by atoms with Gasteiger partial charge in [-0.1, -0.05) is 17.7 Å². The molecule has 1 amide bonds. The average molecular weight is 421 g/mol. The van der Waals surface area contributed by atoms with E-state index in [1.54, 1.807) is 24.3 Å². The number of amides is 1. The Bertz CT molecular complexity index is 1030. The Kier molecular flexibility index (Phi) is 5.94. The molecule has 3 rings (SSSR count). The number of hydrogen-bond acceptors (Lipinski definition) is 5. The Labute approximate surface area is 167 Å². The summed E-state index contributed by atoms with van der Waals surface area (Å²) in [6.45, 7) is 2.33. The number of nitro groups is 1. The molecule has 1 N–H and O–H groups in total. The Morgan fingerprint density at radius 3 is 2.34 bits per heavy atom. The summed E-state index contributed by atoms with van der Waals surface area (Å²) in [5.74, 6) is -1.66. The molecule has 1 aliphatic heterocycles. The zero-order valence-corrected chi connectivity index (χ0v) is 16.5. The third kappa shape index (κ3) is 4.60. The van der Waals surface area contributed by atoms with E-state index in [1.165, 1.54) is 4.31 Å². The number of halogens is 1. The number of nitro benzene ring substituents is 1. The molecule has 29 heavy (non-hydrogen) atoms. The summed E-state index contributed by atoms with van der Waals surface area (Å²) >= 11 is 0. The predicted octanol–water partition coefficient (Wildman–Crippen LogP) is 2.63. The molecular formula is C19H20FN3O5S. The van der Waals surface area contributed by atoms with Crippen LogP contribution in [-0.2, 0) is 10.0 Å². The van der Waals surface area contributed by atoms with Crippen molar-refractivity contribution in [2.75, 3.05) is 13.1 Å². The van der Waals surface area contributed by atoms with Gasteiger partial charge < -0.3 is 5.32 Å². The largest absolute Gasteiger partial charge is 0.349 e. The minimum Gasteiger partial charge on any atom is -0.349 e. The second-order valence-corrected chi connectivity index (χ2v) is 8.82.